The Morgan fingerprint density at radius 1 is 1.44 bits per heavy atom. The van der Waals surface area contributed by atoms with Gasteiger partial charge in [-0.05, 0) is 23.8 Å². The van der Waals surface area contributed by atoms with E-state index in [-0.39, 0.29) is 0 Å². The van der Waals surface area contributed by atoms with Crippen molar-refractivity contribution in [3.05, 3.63) is 42.1 Å². The fourth-order valence-corrected chi connectivity index (χ4v) is 1.56. The van der Waals surface area contributed by atoms with E-state index < -0.39 is 6.09 Å². The number of amides is 1. The Labute approximate surface area is 93.1 Å². The molecule has 2 rings (SSSR count). The minimum Gasteiger partial charge on any atom is -0.465 e. The van der Waals surface area contributed by atoms with Crippen LogP contribution in [-0.4, -0.2) is 28.1 Å². The lowest BCUT2D eigenvalue weighted by atomic mass is 10.1. The molecule has 0 bridgehead atoms. The van der Waals surface area contributed by atoms with Crippen molar-refractivity contribution >= 4 is 17.0 Å². The average molecular weight is 216 g/mol. The highest BCUT2D eigenvalue weighted by molar-refractivity contribution is 5.79. The Morgan fingerprint density at radius 3 is 3.00 bits per heavy atom. The van der Waals surface area contributed by atoms with Gasteiger partial charge in [0.05, 0.1) is 5.52 Å². The van der Waals surface area contributed by atoms with E-state index in [2.05, 4.69) is 4.98 Å². The van der Waals surface area contributed by atoms with E-state index >= 15 is 0 Å². The van der Waals surface area contributed by atoms with Crippen LogP contribution >= 0.6 is 0 Å². The van der Waals surface area contributed by atoms with Crippen molar-refractivity contribution in [3.8, 4) is 0 Å². The fraction of sp³-hybridized carbons (Fsp3) is 0.167. The Kier molecular flexibility index (Phi) is 2.72. The number of pyridine rings is 1. The first-order valence-electron chi connectivity index (χ1n) is 4.94. The molecule has 0 unspecified atom stereocenters. The fourth-order valence-electron chi connectivity index (χ4n) is 1.56. The van der Waals surface area contributed by atoms with E-state index in [4.69, 9.17) is 5.11 Å². The third-order valence-corrected chi connectivity index (χ3v) is 2.41. The molecule has 0 aliphatic carbocycles. The maximum Gasteiger partial charge on any atom is 0.407 e. The molecule has 16 heavy (non-hydrogen) atoms. The average Bonchev–Trinajstić information content (AvgIpc) is 2.28. The molecule has 0 saturated carbocycles. The highest BCUT2D eigenvalue weighted by Crippen LogP contribution is 2.14. The SMILES string of the molecule is CN(Cc1ccc2ncccc2c1)C(=O)O. The zero-order chi connectivity index (χ0) is 11.5. The van der Waals surface area contributed by atoms with Gasteiger partial charge < -0.3 is 10.0 Å². The standard InChI is InChI=1S/C12H12N2O2/c1-14(12(15)16)8-9-4-5-11-10(7-9)3-2-6-13-11/h2-7H,8H2,1H3,(H,15,16). The summed E-state index contributed by atoms with van der Waals surface area (Å²) in [4.78, 5) is 16.1. The van der Waals surface area contributed by atoms with Crippen LogP contribution < -0.4 is 0 Å². The lowest BCUT2D eigenvalue weighted by Gasteiger charge is -2.12. The summed E-state index contributed by atoms with van der Waals surface area (Å²) in [6.45, 7) is 0.389. The van der Waals surface area contributed by atoms with E-state index in [9.17, 15) is 4.79 Å². The first-order valence-corrected chi connectivity index (χ1v) is 4.94. The minimum absolute atomic E-state index is 0.389. The second kappa shape index (κ2) is 4.18. The van der Waals surface area contributed by atoms with E-state index in [0.717, 1.165) is 16.5 Å². The predicted molar refractivity (Wildman–Crippen MR) is 61.2 cm³/mol. The largest absolute Gasteiger partial charge is 0.465 e. The van der Waals surface area contributed by atoms with Gasteiger partial charge in [-0.1, -0.05) is 12.1 Å². The number of aromatic nitrogens is 1. The number of carbonyl (C=O) groups is 1. The van der Waals surface area contributed by atoms with Crippen LogP contribution in [0.15, 0.2) is 36.5 Å². The number of hydrogen-bond donors (Lipinski definition) is 1. The maximum atomic E-state index is 10.7. The molecule has 4 heteroatoms. The summed E-state index contributed by atoms with van der Waals surface area (Å²) < 4.78 is 0. The van der Waals surface area contributed by atoms with Crippen LogP contribution in [0, 0.1) is 0 Å². The van der Waals surface area contributed by atoms with Crippen LogP contribution in [0.2, 0.25) is 0 Å². The smallest absolute Gasteiger partial charge is 0.407 e. The molecule has 1 aromatic carbocycles. The van der Waals surface area contributed by atoms with Gasteiger partial charge in [-0.2, -0.15) is 0 Å². The first kappa shape index (κ1) is 10.4. The summed E-state index contributed by atoms with van der Waals surface area (Å²) in [5.41, 5.74) is 1.88. The summed E-state index contributed by atoms with van der Waals surface area (Å²) in [6.07, 6.45) is 0.817. The normalized spacial score (nSPS) is 10.3. The molecule has 82 valence electrons. The highest BCUT2D eigenvalue weighted by Gasteiger charge is 2.06. The Morgan fingerprint density at radius 2 is 2.25 bits per heavy atom. The third-order valence-electron chi connectivity index (χ3n) is 2.41. The van der Waals surface area contributed by atoms with E-state index in [1.165, 1.54) is 4.90 Å². The number of carboxylic acid groups (broad SMARTS) is 1. The van der Waals surface area contributed by atoms with E-state index in [1.807, 2.05) is 30.3 Å². The van der Waals surface area contributed by atoms with Gasteiger partial charge in [0.1, 0.15) is 0 Å². The van der Waals surface area contributed by atoms with Gasteiger partial charge in [0.2, 0.25) is 0 Å². The van der Waals surface area contributed by atoms with Crippen LogP contribution in [0.25, 0.3) is 10.9 Å². The molecular formula is C12H12N2O2. The molecule has 0 atom stereocenters. The molecule has 4 nitrogen and oxygen atoms in total. The molecule has 1 aromatic heterocycles. The molecule has 0 spiro atoms. The lowest BCUT2D eigenvalue weighted by molar-refractivity contribution is 0.154. The van der Waals surface area contributed by atoms with Crippen molar-refractivity contribution in [1.82, 2.24) is 9.88 Å². The van der Waals surface area contributed by atoms with Crippen molar-refractivity contribution < 1.29 is 9.90 Å². The van der Waals surface area contributed by atoms with Gasteiger partial charge in [-0.15, -0.1) is 0 Å². The Balaban J connectivity index is 2.29. The second-order valence-electron chi connectivity index (χ2n) is 3.67. The van der Waals surface area contributed by atoms with Gasteiger partial charge in [0, 0.05) is 25.2 Å². The molecule has 1 amide bonds. The molecule has 2 aromatic rings. The molecule has 0 aliphatic heterocycles. The van der Waals surface area contributed by atoms with Crippen molar-refractivity contribution in [3.63, 3.8) is 0 Å². The van der Waals surface area contributed by atoms with Crippen LogP contribution in [-0.2, 0) is 6.54 Å². The van der Waals surface area contributed by atoms with Gasteiger partial charge in [-0.3, -0.25) is 4.98 Å². The summed E-state index contributed by atoms with van der Waals surface area (Å²) in [7, 11) is 1.55. The predicted octanol–water partition coefficient (Wildman–Crippen LogP) is 2.34. The molecule has 0 saturated heterocycles. The Hall–Kier alpha value is -2.10. The lowest BCUT2D eigenvalue weighted by Crippen LogP contribution is -2.23. The quantitative estimate of drug-likeness (QED) is 0.838. The monoisotopic (exact) mass is 216 g/mol. The van der Waals surface area contributed by atoms with Crippen molar-refractivity contribution in [2.75, 3.05) is 7.05 Å². The third kappa shape index (κ3) is 2.11. The number of rotatable bonds is 2. The zero-order valence-electron chi connectivity index (χ0n) is 8.92. The zero-order valence-corrected chi connectivity index (χ0v) is 8.92. The number of nitrogens with zero attached hydrogens (tertiary/aromatic N) is 2. The molecular weight excluding hydrogens is 204 g/mol. The molecule has 1 heterocycles. The highest BCUT2D eigenvalue weighted by atomic mass is 16.4. The van der Waals surface area contributed by atoms with E-state index in [0.29, 0.717) is 6.54 Å². The summed E-state index contributed by atoms with van der Waals surface area (Å²) in [5.74, 6) is 0. The van der Waals surface area contributed by atoms with E-state index in [1.54, 1.807) is 13.2 Å². The maximum absolute atomic E-state index is 10.7. The molecule has 1 N–H and O–H groups in total. The van der Waals surface area contributed by atoms with Crippen LogP contribution in [0.1, 0.15) is 5.56 Å². The first-order chi connectivity index (χ1) is 7.66. The van der Waals surface area contributed by atoms with Gasteiger partial charge in [0.25, 0.3) is 0 Å². The molecule has 0 fully saturated rings. The second-order valence-corrected chi connectivity index (χ2v) is 3.67. The van der Waals surface area contributed by atoms with Crippen LogP contribution in [0.3, 0.4) is 0 Å². The number of fused-ring (bicyclic) bond motifs is 1. The van der Waals surface area contributed by atoms with Crippen LogP contribution in [0.4, 0.5) is 4.79 Å². The summed E-state index contributed by atoms with van der Waals surface area (Å²) in [6, 6.07) is 9.59. The summed E-state index contributed by atoms with van der Waals surface area (Å²) >= 11 is 0. The Bertz CT molecular complexity index is 525. The molecule has 0 aliphatic rings. The van der Waals surface area contributed by atoms with Crippen molar-refractivity contribution in [1.29, 1.82) is 0 Å². The van der Waals surface area contributed by atoms with Gasteiger partial charge >= 0.3 is 6.09 Å². The van der Waals surface area contributed by atoms with Crippen molar-refractivity contribution in [2.45, 2.75) is 6.54 Å². The number of hydrogen-bond acceptors (Lipinski definition) is 2. The number of benzene rings is 1. The van der Waals surface area contributed by atoms with Gasteiger partial charge in [-0.25, -0.2) is 4.79 Å². The van der Waals surface area contributed by atoms with Gasteiger partial charge in [0.15, 0.2) is 0 Å². The van der Waals surface area contributed by atoms with Crippen molar-refractivity contribution in [2.24, 2.45) is 0 Å². The topological polar surface area (TPSA) is 53.4 Å². The minimum atomic E-state index is -0.925. The van der Waals surface area contributed by atoms with Crippen LogP contribution in [0.5, 0.6) is 0 Å². The summed E-state index contributed by atoms with van der Waals surface area (Å²) in [5, 5.41) is 9.80. The molecule has 0 radical (unpaired) electrons.